The number of pyridine rings is 1. The molecular weight excluding hydrogens is 364 g/mol. The molecule has 0 radical (unpaired) electrons. The second-order valence-corrected chi connectivity index (χ2v) is 7.85. The number of ether oxygens (including phenoxy) is 1. The van der Waals surface area contributed by atoms with E-state index in [4.69, 9.17) is 4.74 Å². The van der Waals surface area contributed by atoms with Crippen LogP contribution >= 0.6 is 0 Å². The first-order chi connectivity index (χ1) is 14.0. The summed E-state index contributed by atoms with van der Waals surface area (Å²) < 4.78 is 5.63. The molecule has 0 bridgehead atoms. The number of carbonyl (C=O) groups excluding carboxylic acids is 1. The van der Waals surface area contributed by atoms with Crippen molar-refractivity contribution in [3.63, 3.8) is 0 Å². The Morgan fingerprint density at radius 2 is 1.93 bits per heavy atom. The molecule has 0 spiro atoms. The number of aryl methyl sites for hydroxylation is 2. The third kappa shape index (κ3) is 4.25. The van der Waals surface area contributed by atoms with Crippen molar-refractivity contribution in [2.75, 3.05) is 6.61 Å². The number of carbonyl (C=O) groups is 1. The van der Waals surface area contributed by atoms with Crippen LogP contribution in [-0.4, -0.2) is 28.5 Å². The maximum absolute atomic E-state index is 13.1. The maximum Gasteiger partial charge on any atom is 0.253 e. The zero-order valence-corrected chi connectivity index (χ0v) is 16.9. The summed E-state index contributed by atoms with van der Waals surface area (Å²) in [5.74, 6) is -0.0497. The second kappa shape index (κ2) is 8.21. The van der Waals surface area contributed by atoms with Gasteiger partial charge >= 0.3 is 0 Å². The number of rotatable bonds is 5. The molecular formula is C24H26N2O3. The molecule has 2 aromatic carbocycles. The highest BCUT2D eigenvalue weighted by Crippen LogP contribution is 2.21. The van der Waals surface area contributed by atoms with E-state index >= 15 is 0 Å². The van der Waals surface area contributed by atoms with Gasteiger partial charge in [-0.3, -0.25) is 9.59 Å². The van der Waals surface area contributed by atoms with Crippen molar-refractivity contribution in [2.24, 2.45) is 0 Å². The van der Waals surface area contributed by atoms with E-state index in [1.165, 1.54) is 0 Å². The summed E-state index contributed by atoms with van der Waals surface area (Å²) in [6.07, 6.45) is 1.21. The minimum Gasteiger partial charge on any atom is -0.368 e. The zero-order valence-electron chi connectivity index (χ0n) is 16.9. The maximum atomic E-state index is 13.1. The van der Waals surface area contributed by atoms with E-state index in [0.717, 1.165) is 40.4 Å². The molecule has 1 N–H and O–H groups in total. The van der Waals surface area contributed by atoms with Crippen molar-refractivity contribution < 1.29 is 9.53 Å². The molecule has 2 heterocycles. The number of benzene rings is 2. The van der Waals surface area contributed by atoms with Crippen LogP contribution in [-0.2, 0) is 22.6 Å². The summed E-state index contributed by atoms with van der Waals surface area (Å²) in [5, 5.41) is 0.987. The molecule has 0 saturated carbocycles. The summed E-state index contributed by atoms with van der Waals surface area (Å²) in [5.41, 5.74) is 4.50. The van der Waals surface area contributed by atoms with E-state index in [-0.39, 0.29) is 18.0 Å². The molecule has 1 aliphatic rings. The molecule has 5 heteroatoms. The third-order valence-electron chi connectivity index (χ3n) is 5.46. The van der Waals surface area contributed by atoms with Gasteiger partial charge in [-0.25, -0.2) is 0 Å². The Bertz CT molecular complexity index is 1080. The quantitative estimate of drug-likeness (QED) is 0.720. The monoisotopic (exact) mass is 390 g/mol. The lowest BCUT2D eigenvalue weighted by Gasteiger charge is -2.25. The smallest absolute Gasteiger partial charge is 0.253 e. The largest absolute Gasteiger partial charge is 0.368 e. The Morgan fingerprint density at radius 1 is 1.14 bits per heavy atom. The molecule has 1 aliphatic heterocycles. The molecule has 4 rings (SSSR count). The summed E-state index contributed by atoms with van der Waals surface area (Å²) in [4.78, 5) is 30.7. The van der Waals surface area contributed by atoms with Gasteiger partial charge in [0.1, 0.15) is 6.10 Å². The summed E-state index contributed by atoms with van der Waals surface area (Å²) >= 11 is 0. The molecule has 0 aliphatic carbocycles. The van der Waals surface area contributed by atoms with Crippen molar-refractivity contribution in [2.45, 2.75) is 45.9 Å². The highest BCUT2D eigenvalue weighted by molar-refractivity contribution is 5.83. The number of nitrogens with zero attached hydrogens (tertiary/aromatic N) is 1. The molecule has 1 amide bonds. The Labute approximate surface area is 170 Å². The van der Waals surface area contributed by atoms with E-state index in [2.05, 4.69) is 17.1 Å². The van der Waals surface area contributed by atoms with Crippen LogP contribution in [0.5, 0.6) is 0 Å². The SMILES string of the molecule is Cc1cc(C)c2[nH]c(=O)c(CN(Cc3ccccc3)C(=O)[C@@H]3CCCO3)cc2c1. The van der Waals surface area contributed by atoms with Crippen LogP contribution in [0.3, 0.4) is 0 Å². The lowest BCUT2D eigenvalue weighted by Crippen LogP contribution is -2.39. The standard InChI is InChI=1S/C24H26N2O3/c1-16-11-17(2)22-19(12-16)13-20(23(27)25-22)15-26(14-18-7-4-3-5-8-18)24(28)21-9-6-10-29-21/h3-5,7-8,11-13,21H,6,9-10,14-15H2,1-2H3,(H,25,27)/t21-/m0/s1. The number of amides is 1. The van der Waals surface area contributed by atoms with Gasteiger partial charge in [-0.15, -0.1) is 0 Å². The van der Waals surface area contributed by atoms with Crippen LogP contribution in [0.4, 0.5) is 0 Å². The minimum absolute atomic E-state index is 0.0497. The van der Waals surface area contributed by atoms with Crippen molar-refractivity contribution in [1.82, 2.24) is 9.88 Å². The van der Waals surface area contributed by atoms with Crippen LogP contribution in [0.15, 0.2) is 53.3 Å². The van der Waals surface area contributed by atoms with E-state index in [1.807, 2.05) is 50.2 Å². The van der Waals surface area contributed by atoms with Gasteiger partial charge in [0.15, 0.2) is 0 Å². The first-order valence-electron chi connectivity index (χ1n) is 10.1. The fourth-order valence-electron chi connectivity index (χ4n) is 4.05. The van der Waals surface area contributed by atoms with Crippen molar-refractivity contribution in [3.05, 3.63) is 81.1 Å². The lowest BCUT2D eigenvalue weighted by molar-refractivity contribution is -0.142. The molecule has 3 aromatic rings. The molecule has 150 valence electrons. The van der Waals surface area contributed by atoms with Crippen LogP contribution in [0.25, 0.3) is 10.9 Å². The van der Waals surface area contributed by atoms with Crippen LogP contribution < -0.4 is 5.56 Å². The van der Waals surface area contributed by atoms with Crippen molar-refractivity contribution >= 4 is 16.8 Å². The molecule has 1 aromatic heterocycles. The summed E-state index contributed by atoms with van der Waals surface area (Å²) in [6, 6.07) is 15.9. The fourth-order valence-corrected chi connectivity index (χ4v) is 4.05. The van der Waals surface area contributed by atoms with E-state index < -0.39 is 6.10 Å². The van der Waals surface area contributed by atoms with Crippen LogP contribution in [0, 0.1) is 13.8 Å². The number of nitrogens with one attached hydrogen (secondary N) is 1. The molecule has 1 fully saturated rings. The topological polar surface area (TPSA) is 62.4 Å². The minimum atomic E-state index is -0.414. The Balaban J connectivity index is 1.68. The van der Waals surface area contributed by atoms with Crippen molar-refractivity contribution in [1.29, 1.82) is 0 Å². The molecule has 1 saturated heterocycles. The zero-order chi connectivity index (χ0) is 20.4. The highest BCUT2D eigenvalue weighted by atomic mass is 16.5. The van der Waals surface area contributed by atoms with Crippen LogP contribution in [0.1, 0.15) is 35.1 Å². The molecule has 0 unspecified atom stereocenters. The van der Waals surface area contributed by atoms with Gasteiger partial charge in [-0.2, -0.15) is 0 Å². The van der Waals surface area contributed by atoms with Gasteiger partial charge < -0.3 is 14.6 Å². The average Bonchev–Trinajstić information content (AvgIpc) is 3.24. The summed E-state index contributed by atoms with van der Waals surface area (Å²) in [6.45, 7) is 5.36. The number of hydrogen-bond acceptors (Lipinski definition) is 3. The Hall–Kier alpha value is -2.92. The van der Waals surface area contributed by atoms with E-state index in [9.17, 15) is 9.59 Å². The second-order valence-electron chi connectivity index (χ2n) is 7.85. The fraction of sp³-hybridized carbons (Fsp3) is 0.333. The van der Waals surface area contributed by atoms with Gasteiger partial charge in [-0.05, 0) is 55.3 Å². The van der Waals surface area contributed by atoms with Gasteiger partial charge in [0.05, 0.1) is 12.1 Å². The first-order valence-corrected chi connectivity index (χ1v) is 10.1. The van der Waals surface area contributed by atoms with Gasteiger partial charge in [-0.1, -0.05) is 42.0 Å². The van der Waals surface area contributed by atoms with E-state index in [0.29, 0.717) is 18.7 Å². The number of aromatic nitrogens is 1. The van der Waals surface area contributed by atoms with Gasteiger partial charge in [0.2, 0.25) is 0 Å². The number of aromatic amines is 1. The lowest BCUT2D eigenvalue weighted by atomic mass is 10.0. The molecule has 1 atom stereocenters. The number of fused-ring (bicyclic) bond motifs is 1. The predicted molar refractivity (Wildman–Crippen MR) is 114 cm³/mol. The highest BCUT2D eigenvalue weighted by Gasteiger charge is 2.29. The van der Waals surface area contributed by atoms with Crippen LogP contribution in [0.2, 0.25) is 0 Å². The normalized spacial score (nSPS) is 16.3. The first kappa shape index (κ1) is 19.4. The average molecular weight is 390 g/mol. The Morgan fingerprint density at radius 3 is 2.66 bits per heavy atom. The molecule has 29 heavy (non-hydrogen) atoms. The van der Waals surface area contributed by atoms with Crippen molar-refractivity contribution in [3.8, 4) is 0 Å². The van der Waals surface area contributed by atoms with Gasteiger partial charge in [0.25, 0.3) is 11.5 Å². The van der Waals surface area contributed by atoms with Gasteiger partial charge in [0, 0.05) is 18.7 Å². The number of hydrogen-bond donors (Lipinski definition) is 1. The molecule has 5 nitrogen and oxygen atoms in total. The third-order valence-corrected chi connectivity index (χ3v) is 5.46. The number of H-pyrrole nitrogens is 1. The Kier molecular flexibility index (Phi) is 5.49. The summed E-state index contributed by atoms with van der Waals surface area (Å²) in [7, 11) is 0. The van der Waals surface area contributed by atoms with E-state index in [1.54, 1.807) is 4.90 Å². The predicted octanol–water partition coefficient (Wildman–Crippen LogP) is 3.85.